The normalized spacial score (nSPS) is 11.1. The number of rotatable bonds is 3. The molecule has 0 radical (unpaired) electrons. The van der Waals surface area contributed by atoms with E-state index in [9.17, 15) is 10.1 Å². The lowest BCUT2D eigenvalue weighted by Gasteiger charge is -2.08. The van der Waals surface area contributed by atoms with Crippen molar-refractivity contribution < 1.29 is 4.92 Å². The zero-order chi connectivity index (χ0) is 15.0. The third-order valence-corrected chi connectivity index (χ3v) is 3.31. The maximum atomic E-state index is 11.2. The van der Waals surface area contributed by atoms with Crippen molar-refractivity contribution in [2.24, 2.45) is 7.05 Å². The van der Waals surface area contributed by atoms with E-state index in [1.807, 2.05) is 20.8 Å². The number of nitro groups is 1. The molecule has 1 heterocycles. The number of nitrogens with zero attached hydrogens (tertiary/aromatic N) is 3. The van der Waals surface area contributed by atoms with Crippen LogP contribution in [0.4, 0.5) is 11.5 Å². The highest BCUT2D eigenvalue weighted by Crippen LogP contribution is 2.37. The molecule has 2 aromatic rings. The molecule has 2 N–H and O–H groups in total. The van der Waals surface area contributed by atoms with Crippen molar-refractivity contribution in [1.82, 2.24) is 9.78 Å². The predicted molar refractivity (Wildman–Crippen MR) is 78.5 cm³/mol. The van der Waals surface area contributed by atoms with Gasteiger partial charge in [0, 0.05) is 18.7 Å². The maximum Gasteiger partial charge on any atom is 0.278 e. The van der Waals surface area contributed by atoms with E-state index >= 15 is 0 Å². The van der Waals surface area contributed by atoms with Crippen LogP contribution in [0, 0.1) is 17.0 Å². The average molecular weight is 274 g/mol. The molecule has 0 aliphatic heterocycles. The first kappa shape index (κ1) is 14.0. The van der Waals surface area contributed by atoms with Crippen LogP contribution in [0.1, 0.15) is 30.9 Å². The Kier molecular flexibility index (Phi) is 3.48. The van der Waals surface area contributed by atoms with Gasteiger partial charge in [-0.3, -0.25) is 14.8 Å². The molecule has 0 amide bonds. The first-order valence-corrected chi connectivity index (χ1v) is 6.40. The van der Waals surface area contributed by atoms with Gasteiger partial charge >= 0.3 is 0 Å². The Balaban J connectivity index is 2.77. The summed E-state index contributed by atoms with van der Waals surface area (Å²) in [5, 5.41) is 15.6. The average Bonchev–Trinajstić information content (AvgIpc) is 2.65. The topological polar surface area (TPSA) is 87.0 Å². The van der Waals surface area contributed by atoms with Gasteiger partial charge in [-0.05, 0) is 24.5 Å². The van der Waals surface area contributed by atoms with Crippen molar-refractivity contribution in [3.63, 3.8) is 0 Å². The molecule has 6 heteroatoms. The fourth-order valence-electron chi connectivity index (χ4n) is 2.32. The first-order chi connectivity index (χ1) is 9.32. The van der Waals surface area contributed by atoms with Gasteiger partial charge in [0.05, 0.1) is 10.5 Å². The summed E-state index contributed by atoms with van der Waals surface area (Å²) in [5.74, 6) is 0.685. The molecular weight excluding hydrogens is 256 g/mol. The molecule has 0 unspecified atom stereocenters. The van der Waals surface area contributed by atoms with Crippen LogP contribution >= 0.6 is 0 Å². The molecule has 106 valence electrons. The minimum absolute atomic E-state index is 0.0515. The van der Waals surface area contributed by atoms with Crippen LogP contribution in [0.15, 0.2) is 18.2 Å². The Morgan fingerprint density at radius 2 is 2.05 bits per heavy atom. The van der Waals surface area contributed by atoms with Gasteiger partial charge < -0.3 is 5.73 Å². The van der Waals surface area contributed by atoms with Crippen LogP contribution in [0.5, 0.6) is 0 Å². The molecular formula is C14H18N4O2. The van der Waals surface area contributed by atoms with Crippen LogP contribution in [0.25, 0.3) is 11.3 Å². The Hall–Kier alpha value is -2.37. The van der Waals surface area contributed by atoms with Gasteiger partial charge in [-0.25, -0.2) is 0 Å². The SMILES string of the molecule is Cc1ccc([N+](=O)[O-])c(-c2nn(C)c(N)c2C(C)C)c1. The number of benzene rings is 1. The fraction of sp³-hybridized carbons (Fsp3) is 0.357. The van der Waals surface area contributed by atoms with Crippen LogP contribution in [-0.2, 0) is 7.05 Å². The lowest BCUT2D eigenvalue weighted by Crippen LogP contribution is -2.00. The van der Waals surface area contributed by atoms with Crippen molar-refractivity contribution in [3.8, 4) is 11.3 Å². The zero-order valence-electron chi connectivity index (χ0n) is 12.0. The van der Waals surface area contributed by atoms with Crippen molar-refractivity contribution in [1.29, 1.82) is 0 Å². The lowest BCUT2D eigenvalue weighted by atomic mass is 9.96. The van der Waals surface area contributed by atoms with E-state index in [0.717, 1.165) is 11.1 Å². The van der Waals surface area contributed by atoms with E-state index in [1.165, 1.54) is 6.07 Å². The van der Waals surface area contributed by atoms with Crippen molar-refractivity contribution in [2.45, 2.75) is 26.7 Å². The molecule has 0 fully saturated rings. The minimum Gasteiger partial charge on any atom is -0.384 e. The predicted octanol–water partition coefficient (Wildman–Crippen LogP) is 3.01. The van der Waals surface area contributed by atoms with Crippen LogP contribution in [0.3, 0.4) is 0 Å². The van der Waals surface area contributed by atoms with E-state index in [4.69, 9.17) is 5.73 Å². The van der Waals surface area contributed by atoms with Crippen LogP contribution < -0.4 is 5.73 Å². The molecule has 6 nitrogen and oxygen atoms in total. The Morgan fingerprint density at radius 1 is 1.40 bits per heavy atom. The van der Waals surface area contributed by atoms with Gasteiger partial charge in [-0.15, -0.1) is 0 Å². The van der Waals surface area contributed by atoms with Crippen molar-refractivity contribution >= 4 is 11.5 Å². The smallest absolute Gasteiger partial charge is 0.278 e. The van der Waals surface area contributed by atoms with Gasteiger partial charge in [0.1, 0.15) is 11.5 Å². The molecule has 20 heavy (non-hydrogen) atoms. The molecule has 0 saturated carbocycles. The number of aryl methyl sites for hydroxylation is 2. The minimum atomic E-state index is -0.385. The lowest BCUT2D eigenvalue weighted by molar-refractivity contribution is -0.384. The first-order valence-electron chi connectivity index (χ1n) is 6.40. The highest BCUT2D eigenvalue weighted by molar-refractivity contribution is 5.77. The summed E-state index contributed by atoms with van der Waals surface area (Å²) in [7, 11) is 1.74. The molecule has 0 aliphatic carbocycles. The Bertz CT molecular complexity index is 674. The summed E-state index contributed by atoms with van der Waals surface area (Å²) in [6.07, 6.45) is 0. The van der Waals surface area contributed by atoms with Crippen LogP contribution in [0.2, 0.25) is 0 Å². The number of nitrogen functional groups attached to an aromatic ring is 1. The quantitative estimate of drug-likeness (QED) is 0.688. The highest BCUT2D eigenvalue weighted by Gasteiger charge is 2.24. The molecule has 0 atom stereocenters. The molecule has 0 spiro atoms. The Morgan fingerprint density at radius 3 is 2.60 bits per heavy atom. The van der Waals surface area contributed by atoms with Gasteiger partial charge in [-0.1, -0.05) is 19.9 Å². The summed E-state index contributed by atoms with van der Waals surface area (Å²) < 4.78 is 1.57. The van der Waals surface area contributed by atoms with Crippen LogP contribution in [-0.4, -0.2) is 14.7 Å². The third kappa shape index (κ3) is 2.24. The highest BCUT2D eigenvalue weighted by atomic mass is 16.6. The summed E-state index contributed by atoms with van der Waals surface area (Å²) in [6.45, 7) is 5.89. The van der Waals surface area contributed by atoms with Crippen molar-refractivity contribution in [3.05, 3.63) is 39.4 Å². The molecule has 2 rings (SSSR count). The Labute approximate surface area is 117 Å². The number of hydrogen-bond donors (Lipinski definition) is 1. The number of hydrogen-bond acceptors (Lipinski definition) is 4. The van der Waals surface area contributed by atoms with Gasteiger partial charge in [0.15, 0.2) is 0 Å². The molecule has 0 bridgehead atoms. The van der Waals surface area contributed by atoms with E-state index in [-0.39, 0.29) is 16.5 Å². The molecule has 0 aliphatic rings. The number of anilines is 1. The second-order valence-electron chi connectivity index (χ2n) is 5.20. The number of nitro benzene ring substituents is 1. The summed E-state index contributed by atoms with van der Waals surface area (Å²) in [4.78, 5) is 10.8. The van der Waals surface area contributed by atoms with Crippen molar-refractivity contribution in [2.75, 3.05) is 5.73 Å². The summed E-state index contributed by atoms with van der Waals surface area (Å²) >= 11 is 0. The monoisotopic (exact) mass is 274 g/mol. The zero-order valence-corrected chi connectivity index (χ0v) is 12.0. The second kappa shape index (κ2) is 4.96. The summed E-state index contributed by atoms with van der Waals surface area (Å²) in [5.41, 5.74) is 9.00. The van der Waals surface area contributed by atoms with Gasteiger partial charge in [0.2, 0.25) is 0 Å². The standard InChI is InChI=1S/C14H18N4O2/c1-8(2)12-13(16-17(4)14(12)15)10-7-9(3)5-6-11(10)18(19)20/h5-8H,15H2,1-4H3. The van der Waals surface area contributed by atoms with E-state index in [0.29, 0.717) is 17.1 Å². The molecule has 0 saturated heterocycles. The molecule has 1 aromatic heterocycles. The van der Waals surface area contributed by atoms with E-state index < -0.39 is 0 Å². The fourth-order valence-corrected chi connectivity index (χ4v) is 2.32. The summed E-state index contributed by atoms with van der Waals surface area (Å²) in [6, 6.07) is 5.02. The third-order valence-electron chi connectivity index (χ3n) is 3.31. The molecule has 1 aromatic carbocycles. The van der Waals surface area contributed by atoms with E-state index in [2.05, 4.69) is 5.10 Å². The number of nitrogens with two attached hydrogens (primary N) is 1. The van der Waals surface area contributed by atoms with E-state index in [1.54, 1.807) is 23.9 Å². The van der Waals surface area contributed by atoms with Gasteiger partial charge in [-0.2, -0.15) is 5.10 Å². The maximum absolute atomic E-state index is 11.2. The van der Waals surface area contributed by atoms with Gasteiger partial charge in [0.25, 0.3) is 5.69 Å². The second-order valence-corrected chi connectivity index (χ2v) is 5.20. The number of aromatic nitrogens is 2. The largest absolute Gasteiger partial charge is 0.384 e.